The third kappa shape index (κ3) is 3.74. The summed E-state index contributed by atoms with van der Waals surface area (Å²) in [7, 11) is 0. The standard InChI is InChI=1S/C30H18Cl2N2O4S2/c1-3-37-29(35)21-11-15-19(39-21)9-7-17-23(15)25-13(27(31)33-17)5-6-14-26(25)24-16-12-22(30(36)38-4-2)40-20(16)10-8-18(24)34-28(14)32/h5-12H,3-4H2,1-2H3. The molecule has 0 N–H and O–H groups in total. The zero-order valence-corrected chi connectivity index (χ0v) is 24.3. The van der Waals surface area contributed by atoms with E-state index < -0.39 is 0 Å². The molecule has 0 aliphatic heterocycles. The van der Waals surface area contributed by atoms with Crippen molar-refractivity contribution in [2.45, 2.75) is 13.8 Å². The average Bonchev–Trinajstić information content (AvgIpc) is 3.58. The molecule has 6 nitrogen and oxygen atoms in total. The fourth-order valence-electron chi connectivity index (χ4n) is 5.32. The maximum absolute atomic E-state index is 12.6. The first-order valence-corrected chi connectivity index (χ1v) is 14.9. The Morgan fingerprint density at radius 1 is 0.650 bits per heavy atom. The minimum absolute atomic E-state index is 0.292. The maximum atomic E-state index is 12.6. The average molecular weight is 606 g/mol. The predicted molar refractivity (Wildman–Crippen MR) is 165 cm³/mol. The molecule has 0 saturated heterocycles. The van der Waals surface area contributed by atoms with Gasteiger partial charge in [-0.15, -0.1) is 22.7 Å². The van der Waals surface area contributed by atoms with Gasteiger partial charge in [0.25, 0.3) is 0 Å². The Kier molecular flexibility index (Phi) is 6.05. The number of carbonyl (C=O) groups is 2. The van der Waals surface area contributed by atoms with E-state index in [1.165, 1.54) is 22.7 Å². The van der Waals surface area contributed by atoms with Crippen LogP contribution in [0.15, 0.2) is 48.5 Å². The van der Waals surface area contributed by atoms with Gasteiger partial charge in [-0.2, -0.15) is 0 Å². The van der Waals surface area contributed by atoms with Crippen molar-refractivity contribution in [3.8, 4) is 0 Å². The summed E-state index contributed by atoms with van der Waals surface area (Å²) >= 11 is 16.3. The number of benzene rings is 3. The fraction of sp³-hybridized carbons (Fsp3) is 0.133. The molecule has 4 aromatic heterocycles. The lowest BCUT2D eigenvalue weighted by Gasteiger charge is -2.14. The number of aromatic nitrogens is 2. The molecule has 4 heterocycles. The molecule has 0 amide bonds. The number of carbonyl (C=O) groups excluding carboxylic acids is 2. The highest BCUT2D eigenvalue weighted by molar-refractivity contribution is 7.21. The van der Waals surface area contributed by atoms with Gasteiger partial charge in [0.1, 0.15) is 20.1 Å². The number of nitrogens with zero attached hydrogens (tertiary/aromatic N) is 2. The Labute approximate surface area is 245 Å². The zero-order valence-electron chi connectivity index (χ0n) is 21.1. The highest BCUT2D eigenvalue weighted by Gasteiger charge is 2.22. The Bertz CT molecular complexity index is 2060. The van der Waals surface area contributed by atoms with Gasteiger partial charge in [-0.3, -0.25) is 0 Å². The van der Waals surface area contributed by atoms with E-state index in [1.807, 2.05) is 48.5 Å². The van der Waals surface area contributed by atoms with Crippen LogP contribution < -0.4 is 0 Å². The van der Waals surface area contributed by atoms with Crippen LogP contribution in [0, 0.1) is 0 Å². The Balaban J connectivity index is 1.72. The van der Waals surface area contributed by atoms with Crippen molar-refractivity contribution in [1.82, 2.24) is 9.97 Å². The Morgan fingerprint density at radius 2 is 1.07 bits per heavy atom. The third-order valence-electron chi connectivity index (χ3n) is 6.90. The molecule has 40 heavy (non-hydrogen) atoms. The summed E-state index contributed by atoms with van der Waals surface area (Å²) in [6.07, 6.45) is 0. The number of fused-ring (bicyclic) bond motifs is 11. The van der Waals surface area contributed by atoms with Crippen molar-refractivity contribution < 1.29 is 19.1 Å². The lowest BCUT2D eigenvalue weighted by atomic mass is 9.94. The number of rotatable bonds is 4. The summed E-state index contributed by atoms with van der Waals surface area (Å²) in [4.78, 5) is 35.7. The van der Waals surface area contributed by atoms with Crippen molar-refractivity contribution in [3.63, 3.8) is 0 Å². The summed E-state index contributed by atoms with van der Waals surface area (Å²) in [5.41, 5.74) is 1.38. The lowest BCUT2D eigenvalue weighted by molar-refractivity contribution is 0.0522. The number of hydrogen-bond acceptors (Lipinski definition) is 8. The fourth-order valence-corrected chi connectivity index (χ4v) is 7.74. The van der Waals surface area contributed by atoms with Crippen LogP contribution in [0.25, 0.3) is 63.5 Å². The molecule has 0 aliphatic carbocycles. The number of halogens is 2. The number of ether oxygens (including phenoxy) is 2. The van der Waals surface area contributed by atoms with Crippen molar-refractivity contribution >= 4 is 121 Å². The van der Waals surface area contributed by atoms with E-state index in [-0.39, 0.29) is 11.9 Å². The Hall–Kier alpha value is -3.56. The van der Waals surface area contributed by atoms with Gasteiger partial charge in [0.2, 0.25) is 0 Å². The highest BCUT2D eigenvalue weighted by Crippen LogP contribution is 2.45. The number of pyridine rings is 2. The molecule has 0 atom stereocenters. The van der Waals surface area contributed by atoms with Crippen LogP contribution in [0.1, 0.15) is 33.2 Å². The predicted octanol–water partition coefficient (Wildman–Crippen LogP) is 9.18. The van der Waals surface area contributed by atoms with Gasteiger partial charge in [-0.25, -0.2) is 19.6 Å². The zero-order chi connectivity index (χ0) is 27.7. The van der Waals surface area contributed by atoms with Gasteiger partial charge in [0.05, 0.1) is 24.2 Å². The summed E-state index contributed by atoms with van der Waals surface area (Å²) in [6.45, 7) is 4.15. The molecule has 0 unspecified atom stereocenters. The first-order valence-electron chi connectivity index (χ1n) is 12.5. The van der Waals surface area contributed by atoms with Crippen LogP contribution in [0.2, 0.25) is 10.3 Å². The van der Waals surface area contributed by atoms with Crippen LogP contribution >= 0.6 is 45.9 Å². The van der Waals surface area contributed by atoms with Gasteiger partial charge in [-0.1, -0.05) is 35.3 Å². The minimum Gasteiger partial charge on any atom is -0.462 e. The molecule has 0 bridgehead atoms. The SMILES string of the molecule is CCOC(=O)c1cc2c(ccc3nc(Cl)c4ccc5c(Cl)nc6ccc7sc(C(=O)OCC)cc7c6c5c4c32)s1. The van der Waals surface area contributed by atoms with E-state index in [0.717, 1.165) is 52.5 Å². The second kappa shape index (κ2) is 9.52. The maximum Gasteiger partial charge on any atom is 0.348 e. The van der Waals surface area contributed by atoms with E-state index in [1.54, 1.807) is 13.8 Å². The van der Waals surface area contributed by atoms with Gasteiger partial charge < -0.3 is 9.47 Å². The normalized spacial score (nSPS) is 11.9. The second-order valence-corrected chi connectivity index (χ2v) is 12.0. The summed E-state index contributed by atoms with van der Waals surface area (Å²) < 4.78 is 12.4. The molecule has 7 aromatic rings. The molecule has 0 aliphatic rings. The summed E-state index contributed by atoms with van der Waals surface area (Å²) in [5.74, 6) is -0.728. The van der Waals surface area contributed by atoms with Crippen LogP contribution in [0.3, 0.4) is 0 Å². The molecule has 3 aromatic carbocycles. The molecular formula is C30H18Cl2N2O4S2. The van der Waals surface area contributed by atoms with Gasteiger partial charge in [0, 0.05) is 52.5 Å². The molecule has 0 fully saturated rings. The van der Waals surface area contributed by atoms with Crippen LogP contribution in [0.5, 0.6) is 0 Å². The van der Waals surface area contributed by atoms with E-state index in [4.69, 9.17) is 42.6 Å². The molecule has 0 radical (unpaired) electrons. The largest absolute Gasteiger partial charge is 0.462 e. The van der Waals surface area contributed by atoms with E-state index in [2.05, 4.69) is 0 Å². The topological polar surface area (TPSA) is 78.4 Å². The smallest absolute Gasteiger partial charge is 0.348 e. The van der Waals surface area contributed by atoms with Crippen molar-refractivity contribution in [1.29, 1.82) is 0 Å². The molecule has 7 rings (SSSR count). The summed E-state index contributed by atoms with van der Waals surface area (Å²) in [6, 6.07) is 15.2. The molecule has 0 spiro atoms. The molecular weight excluding hydrogens is 587 g/mol. The van der Waals surface area contributed by atoms with Crippen molar-refractivity contribution in [2.75, 3.05) is 13.2 Å². The van der Waals surface area contributed by atoms with E-state index in [0.29, 0.717) is 44.3 Å². The van der Waals surface area contributed by atoms with Gasteiger partial charge >= 0.3 is 11.9 Å². The van der Waals surface area contributed by atoms with Gasteiger partial charge in [0.15, 0.2) is 0 Å². The molecule has 10 heteroatoms. The second-order valence-electron chi connectivity index (χ2n) is 9.12. The van der Waals surface area contributed by atoms with Crippen molar-refractivity contribution in [3.05, 3.63) is 68.6 Å². The van der Waals surface area contributed by atoms with Crippen LogP contribution in [-0.2, 0) is 9.47 Å². The number of esters is 2. The monoisotopic (exact) mass is 604 g/mol. The molecule has 0 saturated carbocycles. The quantitative estimate of drug-likeness (QED) is 0.113. The first-order chi connectivity index (χ1) is 19.4. The van der Waals surface area contributed by atoms with E-state index in [9.17, 15) is 9.59 Å². The molecule has 198 valence electrons. The van der Waals surface area contributed by atoms with Crippen molar-refractivity contribution in [2.24, 2.45) is 0 Å². The Morgan fingerprint density at radius 3 is 1.48 bits per heavy atom. The minimum atomic E-state index is -0.364. The summed E-state index contributed by atoms with van der Waals surface area (Å²) in [5, 5.41) is 7.39. The van der Waals surface area contributed by atoms with E-state index >= 15 is 0 Å². The van der Waals surface area contributed by atoms with Crippen LogP contribution in [-0.4, -0.2) is 35.1 Å². The lowest BCUT2D eigenvalue weighted by Crippen LogP contribution is -2.01. The van der Waals surface area contributed by atoms with Gasteiger partial charge in [-0.05, 0) is 50.2 Å². The number of thiophene rings is 2. The number of hydrogen-bond donors (Lipinski definition) is 0. The first kappa shape index (κ1) is 25.4. The van der Waals surface area contributed by atoms with Crippen LogP contribution in [0.4, 0.5) is 0 Å². The highest BCUT2D eigenvalue weighted by atomic mass is 35.5. The third-order valence-corrected chi connectivity index (χ3v) is 9.63.